The van der Waals surface area contributed by atoms with Crippen LogP contribution >= 0.6 is 0 Å². The molecular weight excluding hydrogens is 366 g/mol. The molecule has 4 rings (SSSR count). The van der Waals surface area contributed by atoms with Gasteiger partial charge >= 0.3 is 0 Å². The number of hydrogen-bond donors (Lipinski definition) is 1. The van der Waals surface area contributed by atoms with Crippen molar-refractivity contribution in [3.05, 3.63) is 83.4 Å². The average Bonchev–Trinajstić information content (AvgIpc) is 3.27. The van der Waals surface area contributed by atoms with Gasteiger partial charge in [0, 0.05) is 18.8 Å². The summed E-state index contributed by atoms with van der Waals surface area (Å²) < 4.78 is 7.25. The Balaban J connectivity index is 1.59. The van der Waals surface area contributed by atoms with Crippen LogP contribution in [0.5, 0.6) is 0 Å². The van der Waals surface area contributed by atoms with Gasteiger partial charge in [0.05, 0.1) is 23.7 Å². The number of benzene rings is 2. The smallest absolute Gasteiger partial charge is 0.251 e. The van der Waals surface area contributed by atoms with Crippen LogP contribution in [0.3, 0.4) is 0 Å². The second-order valence-corrected chi connectivity index (χ2v) is 7.13. The topological polar surface area (TPSA) is 92.8 Å². The molecule has 2 aromatic carbocycles. The van der Waals surface area contributed by atoms with E-state index in [4.69, 9.17) is 4.74 Å². The predicted octanol–water partition coefficient (Wildman–Crippen LogP) is 2.63. The Morgan fingerprint density at radius 3 is 2.79 bits per heavy atom. The van der Waals surface area contributed by atoms with Gasteiger partial charge in [-0.2, -0.15) is 10.4 Å². The van der Waals surface area contributed by atoms with Gasteiger partial charge in [-0.3, -0.25) is 4.79 Å². The van der Waals surface area contributed by atoms with Gasteiger partial charge in [0.15, 0.2) is 0 Å². The fraction of sp³-hybridized carbons (Fsp3) is 0.273. The Labute approximate surface area is 169 Å². The van der Waals surface area contributed by atoms with Gasteiger partial charge in [-0.05, 0) is 48.2 Å². The van der Waals surface area contributed by atoms with E-state index in [9.17, 15) is 10.1 Å². The molecule has 29 heavy (non-hydrogen) atoms. The maximum atomic E-state index is 13.1. The first-order valence-corrected chi connectivity index (χ1v) is 9.51. The molecule has 1 fully saturated rings. The lowest BCUT2D eigenvalue weighted by atomic mass is 9.81. The molecule has 3 aromatic rings. The third-order valence-corrected chi connectivity index (χ3v) is 5.24. The molecule has 1 aliphatic rings. The molecule has 7 nitrogen and oxygen atoms in total. The lowest BCUT2D eigenvalue weighted by molar-refractivity contribution is 0.0345. The number of aromatic nitrogens is 3. The second-order valence-electron chi connectivity index (χ2n) is 7.13. The van der Waals surface area contributed by atoms with Crippen molar-refractivity contribution in [1.29, 1.82) is 5.26 Å². The van der Waals surface area contributed by atoms with Crippen molar-refractivity contribution in [1.82, 2.24) is 20.1 Å². The number of nitrogens with zero attached hydrogens (tertiary/aromatic N) is 4. The average molecular weight is 387 g/mol. The van der Waals surface area contributed by atoms with Crippen LogP contribution in [-0.2, 0) is 16.8 Å². The first-order chi connectivity index (χ1) is 14.2. The molecule has 1 aliphatic heterocycles. The zero-order chi connectivity index (χ0) is 20.1. The highest BCUT2D eigenvalue weighted by Gasteiger charge is 2.36. The van der Waals surface area contributed by atoms with Crippen molar-refractivity contribution < 1.29 is 9.53 Å². The van der Waals surface area contributed by atoms with Crippen molar-refractivity contribution in [2.45, 2.75) is 24.9 Å². The monoisotopic (exact) mass is 387 g/mol. The molecule has 0 spiro atoms. The van der Waals surface area contributed by atoms with Crippen molar-refractivity contribution in [2.75, 3.05) is 13.2 Å². The minimum Gasteiger partial charge on any atom is -0.381 e. The van der Waals surface area contributed by atoms with Crippen LogP contribution in [0.25, 0.3) is 0 Å². The maximum Gasteiger partial charge on any atom is 0.251 e. The number of nitriles is 1. The van der Waals surface area contributed by atoms with Crippen molar-refractivity contribution >= 4 is 5.91 Å². The first kappa shape index (κ1) is 18.8. The molecule has 1 amide bonds. The zero-order valence-electron chi connectivity index (χ0n) is 15.9. The Morgan fingerprint density at radius 1 is 1.21 bits per heavy atom. The molecule has 0 unspecified atom stereocenters. The molecule has 0 aliphatic carbocycles. The summed E-state index contributed by atoms with van der Waals surface area (Å²) in [4.78, 5) is 17.1. The van der Waals surface area contributed by atoms with Crippen molar-refractivity contribution in [3.8, 4) is 6.07 Å². The largest absolute Gasteiger partial charge is 0.381 e. The number of nitrogens with one attached hydrogen (secondary N) is 1. The maximum absolute atomic E-state index is 13.1. The van der Waals surface area contributed by atoms with E-state index in [1.54, 1.807) is 23.1 Å². The Bertz CT molecular complexity index is 1030. The van der Waals surface area contributed by atoms with Crippen LogP contribution < -0.4 is 5.32 Å². The molecule has 0 atom stereocenters. The Morgan fingerprint density at radius 2 is 2.03 bits per heavy atom. The Hall–Kier alpha value is -3.50. The summed E-state index contributed by atoms with van der Waals surface area (Å²) in [5, 5.41) is 16.6. The molecule has 0 bridgehead atoms. The summed E-state index contributed by atoms with van der Waals surface area (Å²) in [5.41, 5.74) is 2.52. The summed E-state index contributed by atoms with van der Waals surface area (Å²) >= 11 is 0. The van der Waals surface area contributed by atoms with Gasteiger partial charge in [-0.25, -0.2) is 9.67 Å². The number of carbonyl (C=O) groups excluding carboxylic acids is 1. The van der Waals surface area contributed by atoms with E-state index in [-0.39, 0.29) is 5.91 Å². The number of carbonyl (C=O) groups is 1. The third kappa shape index (κ3) is 4.18. The normalized spacial score (nSPS) is 15.4. The van der Waals surface area contributed by atoms with Crippen LogP contribution in [0, 0.1) is 11.3 Å². The van der Waals surface area contributed by atoms with E-state index in [2.05, 4.69) is 21.5 Å². The molecule has 1 saturated heterocycles. The first-order valence-electron chi connectivity index (χ1n) is 9.51. The highest BCUT2D eigenvalue weighted by Crippen LogP contribution is 2.33. The number of rotatable bonds is 5. The number of hydrogen-bond acceptors (Lipinski definition) is 5. The van der Waals surface area contributed by atoms with E-state index in [0.717, 1.165) is 11.1 Å². The van der Waals surface area contributed by atoms with E-state index < -0.39 is 5.54 Å². The molecule has 7 heteroatoms. The quantitative estimate of drug-likeness (QED) is 0.726. The summed E-state index contributed by atoms with van der Waals surface area (Å²) in [5.74, 6) is -0.144. The van der Waals surface area contributed by atoms with Gasteiger partial charge in [-0.15, -0.1) is 0 Å². The molecule has 0 radical (unpaired) electrons. The number of ether oxygens (including phenoxy) is 1. The van der Waals surface area contributed by atoms with E-state index in [1.807, 2.05) is 36.4 Å². The predicted molar refractivity (Wildman–Crippen MR) is 106 cm³/mol. The lowest BCUT2D eigenvalue weighted by Gasteiger charge is -2.38. The SMILES string of the molecule is N#Cc1cccc(C2(NC(=O)c3cccc(Cn4cncn4)c3)CCOCC2)c1. The van der Waals surface area contributed by atoms with E-state index in [1.165, 1.54) is 6.33 Å². The van der Waals surface area contributed by atoms with Crippen LogP contribution in [-0.4, -0.2) is 33.9 Å². The lowest BCUT2D eigenvalue weighted by Crippen LogP contribution is -2.49. The second kappa shape index (κ2) is 8.25. The van der Waals surface area contributed by atoms with E-state index >= 15 is 0 Å². The van der Waals surface area contributed by atoms with Gasteiger partial charge in [0.25, 0.3) is 5.91 Å². The van der Waals surface area contributed by atoms with Crippen LogP contribution in [0.1, 0.15) is 39.9 Å². The zero-order valence-corrected chi connectivity index (χ0v) is 15.9. The molecule has 0 saturated carbocycles. The van der Waals surface area contributed by atoms with Gasteiger partial charge in [0.2, 0.25) is 0 Å². The third-order valence-electron chi connectivity index (χ3n) is 5.24. The Kier molecular flexibility index (Phi) is 5.36. The summed E-state index contributed by atoms with van der Waals surface area (Å²) in [7, 11) is 0. The van der Waals surface area contributed by atoms with E-state index in [0.29, 0.717) is 43.7 Å². The molecule has 146 valence electrons. The molecule has 2 heterocycles. The fourth-order valence-electron chi connectivity index (χ4n) is 3.69. The van der Waals surface area contributed by atoms with Crippen LogP contribution in [0.4, 0.5) is 0 Å². The van der Waals surface area contributed by atoms with Gasteiger partial charge in [0.1, 0.15) is 12.7 Å². The summed E-state index contributed by atoms with van der Waals surface area (Å²) in [6.07, 6.45) is 4.45. The minimum atomic E-state index is -0.551. The fourth-order valence-corrected chi connectivity index (χ4v) is 3.69. The molecular formula is C22H21N5O2. The number of amides is 1. The van der Waals surface area contributed by atoms with Crippen molar-refractivity contribution in [2.24, 2.45) is 0 Å². The standard InChI is InChI=1S/C22H21N5O2/c23-13-17-3-2-6-20(12-17)22(7-9-29-10-8-22)26-21(28)19-5-1-4-18(11-19)14-27-16-24-15-25-27/h1-6,11-12,15-16H,7-10,14H2,(H,26,28). The van der Waals surface area contributed by atoms with Crippen LogP contribution in [0.15, 0.2) is 61.2 Å². The van der Waals surface area contributed by atoms with Gasteiger partial charge < -0.3 is 10.1 Å². The van der Waals surface area contributed by atoms with Gasteiger partial charge in [-0.1, -0.05) is 24.3 Å². The highest BCUT2D eigenvalue weighted by molar-refractivity contribution is 5.95. The van der Waals surface area contributed by atoms with Crippen molar-refractivity contribution in [3.63, 3.8) is 0 Å². The van der Waals surface area contributed by atoms with Crippen LogP contribution in [0.2, 0.25) is 0 Å². The highest BCUT2D eigenvalue weighted by atomic mass is 16.5. The molecule has 1 N–H and O–H groups in total. The molecule has 1 aromatic heterocycles. The summed E-state index contributed by atoms with van der Waals surface area (Å²) in [6, 6.07) is 17.1. The minimum absolute atomic E-state index is 0.144. The summed E-state index contributed by atoms with van der Waals surface area (Å²) in [6.45, 7) is 1.66.